The lowest BCUT2D eigenvalue weighted by molar-refractivity contribution is -0.309. The third-order valence-corrected chi connectivity index (χ3v) is 14.4. The van der Waals surface area contributed by atoms with Gasteiger partial charge in [0, 0.05) is 74.1 Å². The molecule has 0 atom stereocenters. The number of aryl methyl sites for hydroxylation is 2. The number of halogens is 12. The third kappa shape index (κ3) is 13.5. The fraction of sp³-hybridized carbons (Fsp3) is 0.681. The molecule has 0 radical (unpaired) electrons. The number of nitrogens with one attached hydrogen (secondary N) is 1. The molecule has 2 aromatic carbocycles. The van der Waals surface area contributed by atoms with Crippen molar-refractivity contribution in [1.29, 1.82) is 0 Å². The summed E-state index contributed by atoms with van der Waals surface area (Å²) < 4.78 is 158. The average Bonchev–Trinajstić information content (AvgIpc) is 4.19. The van der Waals surface area contributed by atoms with Crippen LogP contribution >= 0.6 is 0 Å². The van der Waals surface area contributed by atoms with Crippen molar-refractivity contribution < 1.29 is 96.6 Å². The van der Waals surface area contributed by atoms with E-state index in [-0.39, 0.29) is 13.1 Å². The first-order chi connectivity index (χ1) is 33.3. The van der Waals surface area contributed by atoms with Crippen molar-refractivity contribution in [1.82, 2.24) is 20.0 Å². The minimum Gasteiger partial charge on any atom is -0.478 e. The first-order valence-corrected chi connectivity index (χ1v) is 23.5. The number of piperidine rings is 2. The van der Waals surface area contributed by atoms with Gasteiger partial charge in [-0.1, -0.05) is 24.3 Å². The maximum Gasteiger partial charge on any atom is 0.434 e. The Morgan fingerprint density at radius 1 is 0.583 bits per heavy atom. The number of ether oxygens (including phenoxy) is 3. The van der Waals surface area contributed by atoms with Crippen LogP contribution in [0.5, 0.6) is 11.5 Å². The number of aliphatic hydroxyl groups excluding tert-OH is 1. The highest BCUT2D eigenvalue weighted by Crippen LogP contribution is 2.46. The Morgan fingerprint density at radius 2 is 0.972 bits per heavy atom. The molecule has 0 aromatic heterocycles. The summed E-state index contributed by atoms with van der Waals surface area (Å²) in [5, 5.41) is 29.9. The number of aliphatic hydroxyl groups is 1. The van der Waals surface area contributed by atoms with E-state index in [0.717, 1.165) is 71.9 Å². The van der Waals surface area contributed by atoms with E-state index in [2.05, 4.69) is 32.0 Å². The summed E-state index contributed by atoms with van der Waals surface area (Å²) in [6.07, 6.45) is -23.6. The van der Waals surface area contributed by atoms with E-state index in [9.17, 15) is 77.3 Å². The van der Waals surface area contributed by atoms with E-state index in [4.69, 9.17) is 14.6 Å². The van der Waals surface area contributed by atoms with Gasteiger partial charge in [-0.15, -0.1) is 0 Å². The molecule has 0 bridgehead atoms. The molecule has 2 saturated carbocycles. The molecule has 0 unspecified atom stereocenters. The lowest BCUT2D eigenvalue weighted by atomic mass is 9.85. The van der Waals surface area contributed by atoms with Gasteiger partial charge in [0.15, 0.2) is 0 Å². The summed E-state index contributed by atoms with van der Waals surface area (Å²) in [4.78, 5) is 41.0. The Kier molecular flexibility index (Phi) is 16.7. The second-order valence-corrected chi connectivity index (χ2v) is 19.6. The largest absolute Gasteiger partial charge is 0.478 e. The molecule has 25 heteroatoms. The van der Waals surface area contributed by atoms with E-state index in [1.54, 1.807) is 6.07 Å². The topological polar surface area (TPSA) is 161 Å². The van der Waals surface area contributed by atoms with Gasteiger partial charge in [-0.2, -0.15) is 52.7 Å². The molecule has 2 spiro atoms. The van der Waals surface area contributed by atoms with Gasteiger partial charge in [0.05, 0.1) is 0 Å². The fourth-order valence-corrected chi connectivity index (χ4v) is 9.85. The number of likely N-dealkylation sites (tertiary alicyclic amines) is 3. The molecule has 13 nitrogen and oxygen atoms in total. The van der Waals surface area contributed by atoms with Crippen molar-refractivity contribution in [2.24, 2.45) is 0 Å². The predicted octanol–water partition coefficient (Wildman–Crippen LogP) is 9.23. The molecular weight excluding hydrogens is 993 g/mol. The maximum atomic E-state index is 12.8. The zero-order valence-electron chi connectivity index (χ0n) is 39.4. The van der Waals surface area contributed by atoms with Crippen molar-refractivity contribution in [2.45, 2.75) is 163 Å². The van der Waals surface area contributed by atoms with Crippen LogP contribution in [0, 0.1) is 13.8 Å². The highest BCUT2D eigenvalue weighted by molar-refractivity contribution is 5.82. The number of aliphatic carboxylic acids is 2. The molecule has 1 amide bonds. The molecule has 404 valence electrons. The fourth-order valence-electron chi connectivity index (χ4n) is 9.85. The molecule has 2 aliphatic carbocycles. The zero-order valence-corrected chi connectivity index (χ0v) is 39.4. The first-order valence-electron chi connectivity index (χ1n) is 23.5. The molecule has 4 saturated heterocycles. The number of carbonyl (C=O) groups is 3. The third-order valence-electron chi connectivity index (χ3n) is 14.4. The summed E-state index contributed by atoms with van der Waals surface area (Å²) >= 11 is 0. The summed E-state index contributed by atoms with van der Waals surface area (Å²) in [6.45, 7) is 9.10. The highest BCUT2D eigenvalue weighted by Gasteiger charge is 2.61. The standard InChI is InChI=1S/C24H28F6N2O5.C20H28N2O3.C3H2F6O/c1-15-3-4-16(17(13-15)37-22(6-7-22)19(33)34)14-32-10-2-5-21(32)8-11-31(12-9-21)20(35)36-18(23(25,26)27)24(28,29)30;1-15-3-4-16(17(13-15)25-20(6-7-20)18(23)24)14-22-12-2-5-19(22)8-10-21-11-9-19;4-2(5,6)1(10)3(7,8)9/h3-4,13,18H,2,5-12,14H2,1H3,(H,33,34);3-4,13,21H,2,5-12,14H2,1H3,(H,23,24);1,10H. The molecule has 6 aliphatic rings. The SMILES string of the molecule is Cc1ccc(CN2CCCC23CCN(C(=O)OC(C(F)(F)F)C(F)(F)F)CC3)c(OC2(C(=O)O)CC2)c1.Cc1ccc(CN2CCCC23CCNCC3)c(OC2(C(=O)O)CC2)c1.OC(C(F)(F)F)C(F)(F)F. The number of rotatable bonds is 11. The molecule has 4 heterocycles. The molecule has 8 rings (SSSR count). The highest BCUT2D eigenvalue weighted by atomic mass is 19.4. The van der Waals surface area contributed by atoms with Crippen LogP contribution in [0.25, 0.3) is 0 Å². The minimum absolute atomic E-state index is 0.0445. The van der Waals surface area contributed by atoms with Crippen LogP contribution in [0.1, 0.15) is 99.3 Å². The van der Waals surface area contributed by atoms with Crippen LogP contribution in [0.4, 0.5) is 57.5 Å². The van der Waals surface area contributed by atoms with Crippen molar-refractivity contribution >= 4 is 18.0 Å². The number of alkyl halides is 12. The van der Waals surface area contributed by atoms with Gasteiger partial charge in [-0.05, 0) is 115 Å². The first kappa shape index (κ1) is 56.5. The van der Waals surface area contributed by atoms with E-state index in [1.165, 1.54) is 25.7 Å². The van der Waals surface area contributed by atoms with Crippen LogP contribution < -0.4 is 14.8 Å². The van der Waals surface area contributed by atoms with Gasteiger partial charge in [0.1, 0.15) is 11.5 Å². The van der Waals surface area contributed by atoms with Gasteiger partial charge < -0.3 is 39.7 Å². The smallest absolute Gasteiger partial charge is 0.434 e. The normalized spacial score (nSPS) is 21.4. The molecule has 4 N–H and O–H groups in total. The summed E-state index contributed by atoms with van der Waals surface area (Å²) in [5.41, 5.74) is 1.64. The number of carbonyl (C=O) groups excluding carboxylic acids is 1. The van der Waals surface area contributed by atoms with Gasteiger partial charge in [-0.25, -0.2) is 14.4 Å². The number of carboxylic acid groups (broad SMARTS) is 2. The average molecular weight is 1050 g/mol. The Bertz CT molecular complexity index is 2210. The quantitative estimate of drug-likeness (QED) is 0.158. The van der Waals surface area contributed by atoms with E-state index >= 15 is 0 Å². The number of amides is 1. The molecule has 2 aromatic rings. The molecule has 6 fully saturated rings. The monoisotopic (exact) mass is 1050 g/mol. The van der Waals surface area contributed by atoms with Crippen LogP contribution in [0.2, 0.25) is 0 Å². The summed E-state index contributed by atoms with van der Waals surface area (Å²) in [5.74, 6) is -0.615. The van der Waals surface area contributed by atoms with E-state index in [0.29, 0.717) is 62.9 Å². The lowest BCUT2D eigenvalue weighted by Crippen LogP contribution is -2.54. The summed E-state index contributed by atoms with van der Waals surface area (Å²) in [6, 6.07) is 11.8. The number of hydrogen-bond donors (Lipinski definition) is 4. The Labute approximate surface area is 406 Å². The minimum atomic E-state index is -5.76. The van der Waals surface area contributed by atoms with E-state index < -0.39 is 71.7 Å². The van der Waals surface area contributed by atoms with Crippen molar-refractivity contribution in [3.05, 3.63) is 58.7 Å². The van der Waals surface area contributed by atoms with Gasteiger partial charge in [0.2, 0.25) is 17.3 Å². The Hall–Kier alpha value is -4.75. The van der Waals surface area contributed by atoms with Crippen LogP contribution in [-0.4, -0.2) is 147 Å². The molecule has 4 aliphatic heterocycles. The second kappa shape index (κ2) is 21.2. The van der Waals surface area contributed by atoms with Gasteiger partial charge in [0.25, 0.3) is 6.10 Å². The Morgan fingerprint density at radius 3 is 1.31 bits per heavy atom. The number of hydrogen-bond acceptors (Lipinski definition) is 10. The number of benzene rings is 2. The predicted molar refractivity (Wildman–Crippen MR) is 231 cm³/mol. The van der Waals surface area contributed by atoms with Crippen LogP contribution in [0.3, 0.4) is 0 Å². The number of carboxylic acids is 2. The van der Waals surface area contributed by atoms with Gasteiger partial charge in [-0.3, -0.25) is 9.80 Å². The molecule has 72 heavy (non-hydrogen) atoms. The Balaban J connectivity index is 0.000000207. The van der Waals surface area contributed by atoms with Crippen LogP contribution in [0.15, 0.2) is 36.4 Å². The van der Waals surface area contributed by atoms with Gasteiger partial charge >= 0.3 is 42.7 Å². The van der Waals surface area contributed by atoms with Crippen molar-refractivity contribution in [2.75, 3.05) is 39.3 Å². The number of nitrogens with zero attached hydrogens (tertiary/aromatic N) is 3. The maximum absolute atomic E-state index is 12.8. The summed E-state index contributed by atoms with van der Waals surface area (Å²) in [7, 11) is 0. The lowest BCUT2D eigenvalue weighted by Gasteiger charge is -2.45. The van der Waals surface area contributed by atoms with Crippen molar-refractivity contribution in [3.8, 4) is 11.5 Å². The van der Waals surface area contributed by atoms with Crippen LogP contribution in [-0.2, 0) is 27.4 Å². The zero-order chi connectivity index (χ0) is 53.3. The second-order valence-electron chi connectivity index (χ2n) is 19.6. The van der Waals surface area contributed by atoms with Crippen molar-refractivity contribution in [3.63, 3.8) is 0 Å². The van der Waals surface area contributed by atoms with E-state index in [1.807, 2.05) is 32.0 Å². The molecular formula is C47H58F12N4O9.